The van der Waals surface area contributed by atoms with Gasteiger partial charge in [-0.05, 0) is 25.1 Å². The number of nitrogens with zero attached hydrogens (tertiary/aromatic N) is 1. The molecule has 74 valence electrons. The summed E-state index contributed by atoms with van der Waals surface area (Å²) in [5.41, 5.74) is 6.62. The summed E-state index contributed by atoms with van der Waals surface area (Å²) < 4.78 is 10.2. The van der Waals surface area contributed by atoms with Gasteiger partial charge in [0.1, 0.15) is 5.75 Å². The van der Waals surface area contributed by atoms with Gasteiger partial charge in [0.05, 0.1) is 17.3 Å². The average molecular weight is 192 g/mol. The standard InChI is InChI=1S/C10H12N2O2/c1-2-13-7-14-10-4-3-8(6-11)5-9(10)12/h3-5H,2,7,12H2,1H3. The molecule has 1 rings (SSSR count). The van der Waals surface area contributed by atoms with E-state index in [2.05, 4.69) is 0 Å². The summed E-state index contributed by atoms with van der Waals surface area (Å²) in [5, 5.41) is 8.60. The molecule has 0 heterocycles. The van der Waals surface area contributed by atoms with Gasteiger partial charge in [-0.15, -0.1) is 0 Å². The van der Waals surface area contributed by atoms with Crippen molar-refractivity contribution in [1.82, 2.24) is 0 Å². The summed E-state index contributed by atoms with van der Waals surface area (Å²) in [6.45, 7) is 2.65. The molecular weight excluding hydrogens is 180 g/mol. The van der Waals surface area contributed by atoms with Crippen molar-refractivity contribution in [3.63, 3.8) is 0 Å². The van der Waals surface area contributed by atoms with Gasteiger partial charge >= 0.3 is 0 Å². The van der Waals surface area contributed by atoms with E-state index in [0.717, 1.165) is 0 Å². The van der Waals surface area contributed by atoms with E-state index in [1.54, 1.807) is 18.2 Å². The van der Waals surface area contributed by atoms with Crippen molar-refractivity contribution in [3.05, 3.63) is 23.8 Å². The molecule has 2 N–H and O–H groups in total. The van der Waals surface area contributed by atoms with E-state index in [-0.39, 0.29) is 6.79 Å². The third-order valence-electron chi connectivity index (χ3n) is 1.64. The number of nitrogens with two attached hydrogens (primary N) is 1. The van der Waals surface area contributed by atoms with Gasteiger partial charge in [0.25, 0.3) is 0 Å². The molecule has 1 aromatic rings. The third kappa shape index (κ3) is 2.64. The SMILES string of the molecule is CCOCOc1ccc(C#N)cc1N. The molecule has 0 atom stereocenters. The molecule has 0 bridgehead atoms. The molecule has 0 radical (unpaired) electrons. The molecule has 0 aliphatic rings. The maximum absolute atomic E-state index is 8.60. The molecule has 0 aromatic heterocycles. The summed E-state index contributed by atoms with van der Waals surface area (Å²) in [4.78, 5) is 0. The molecule has 0 unspecified atom stereocenters. The minimum absolute atomic E-state index is 0.173. The van der Waals surface area contributed by atoms with Crippen LogP contribution in [0.4, 0.5) is 5.69 Å². The van der Waals surface area contributed by atoms with Crippen LogP contribution >= 0.6 is 0 Å². The predicted octanol–water partition coefficient (Wildman–Crippen LogP) is 1.51. The number of hydrogen-bond acceptors (Lipinski definition) is 4. The van der Waals surface area contributed by atoms with E-state index in [0.29, 0.717) is 23.6 Å². The Hall–Kier alpha value is -1.73. The Labute approximate surface area is 82.9 Å². The van der Waals surface area contributed by atoms with E-state index < -0.39 is 0 Å². The fraction of sp³-hybridized carbons (Fsp3) is 0.300. The zero-order valence-electron chi connectivity index (χ0n) is 7.99. The lowest BCUT2D eigenvalue weighted by molar-refractivity contribution is 0.0228. The molecule has 4 nitrogen and oxygen atoms in total. The van der Waals surface area contributed by atoms with Crippen LogP contribution in [0.25, 0.3) is 0 Å². The number of benzene rings is 1. The summed E-state index contributed by atoms with van der Waals surface area (Å²) in [5.74, 6) is 0.539. The summed E-state index contributed by atoms with van der Waals surface area (Å²) in [6, 6.07) is 6.88. The van der Waals surface area contributed by atoms with Crippen molar-refractivity contribution in [2.45, 2.75) is 6.92 Å². The van der Waals surface area contributed by atoms with Gasteiger partial charge in [-0.25, -0.2) is 0 Å². The molecule has 0 aliphatic carbocycles. The van der Waals surface area contributed by atoms with E-state index in [9.17, 15) is 0 Å². The monoisotopic (exact) mass is 192 g/mol. The summed E-state index contributed by atoms with van der Waals surface area (Å²) in [6.07, 6.45) is 0. The molecule has 0 spiro atoms. The van der Waals surface area contributed by atoms with Crippen LogP contribution in [0, 0.1) is 11.3 Å². The molecule has 0 aliphatic heterocycles. The first-order chi connectivity index (χ1) is 6.77. The second kappa shape index (κ2) is 5.10. The minimum Gasteiger partial charge on any atom is -0.465 e. The highest BCUT2D eigenvalue weighted by atomic mass is 16.7. The Morgan fingerprint density at radius 1 is 1.50 bits per heavy atom. The van der Waals surface area contributed by atoms with Crippen LogP contribution in [-0.4, -0.2) is 13.4 Å². The Morgan fingerprint density at radius 3 is 2.86 bits per heavy atom. The maximum atomic E-state index is 8.60. The van der Waals surface area contributed by atoms with Gasteiger partial charge in [0, 0.05) is 6.61 Å². The average Bonchev–Trinajstić information content (AvgIpc) is 2.20. The van der Waals surface area contributed by atoms with Crippen LogP contribution < -0.4 is 10.5 Å². The molecule has 0 fully saturated rings. The van der Waals surface area contributed by atoms with Crippen LogP contribution in [0.2, 0.25) is 0 Å². The maximum Gasteiger partial charge on any atom is 0.189 e. The molecule has 0 saturated heterocycles. The van der Waals surface area contributed by atoms with Crippen molar-refractivity contribution < 1.29 is 9.47 Å². The van der Waals surface area contributed by atoms with Crippen LogP contribution in [0.15, 0.2) is 18.2 Å². The number of nitrogen functional groups attached to an aromatic ring is 1. The molecule has 14 heavy (non-hydrogen) atoms. The quantitative estimate of drug-likeness (QED) is 0.446. The number of rotatable bonds is 4. The summed E-state index contributed by atoms with van der Waals surface area (Å²) in [7, 11) is 0. The second-order valence-electron chi connectivity index (χ2n) is 2.62. The Kier molecular flexibility index (Phi) is 3.77. The molecule has 1 aromatic carbocycles. The lowest BCUT2D eigenvalue weighted by atomic mass is 10.2. The van der Waals surface area contributed by atoms with Gasteiger partial charge < -0.3 is 15.2 Å². The topological polar surface area (TPSA) is 68.3 Å². The third-order valence-corrected chi connectivity index (χ3v) is 1.64. The zero-order valence-corrected chi connectivity index (χ0v) is 7.99. The Bertz CT molecular complexity index is 344. The normalized spacial score (nSPS) is 9.43. The number of hydrogen-bond donors (Lipinski definition) is 1. The fourth-order valence-corrected chi connectivity index (χ4v) is 0.938. The Balaban J connectivity index is 2.65. The van der Waals surface area contributed by atoms with E-state index in [1.807, 2.05) is 13.0 Å². The molecule has 4 heteroatoms. The van der Waals surface area contributed by atoms with Crippen LogP contribution in [0.1, 0.15) is 12.5 Å². The van der Waals surface area contributed by atoms with Crippen LogP contribution in [0.3, 0.4) is 0 Å². The predicted molar refractivity (Wildman–Crippen MR) is 52.7 cm³/mol. The number of anilines is 1. The summed E-state index contributed by atoms with van der Waals surface area (Å²) >= 11 is 0. The molecular formula is C10H12N2O2. The highest BCUT2D eigenvalue weighted by molar-refractivity contribution is 5.56. The van der Waals surface area contributed by atoms with Crippen molar-refractivity contribution in [3.8, 4) is 11.8 Å². The van der Waals surface area contributed by atoms with E-state index >= 15 is 0 Å². The second-order valence-corrected chi connectivity index (χ2v) is 2.62. The van der Waals surface area contributed by atoms with Crippen molar-refractivity contribution >= 4 is 5.69 Å². The number of ether oxygens (including phenoxy) is 2. The largest absolute Gasteiger partial charge is 0.465 e. The lowest BCUT2D eigenvalue weighted by Gasteiger charge is -2.08. The van der Waals surface area contributed by atoms with Gasteiger partial charge in [-0.1, -0.05) is 0 Å². The zero-order chi connectivity index (χ0) is 10.4. The van der Waals surface area contributed by atoms with E-state index in [1.165, 1.54) is 0 Å². The molecule has 0 saturated carbocycles. The first-order valence-electron chi connectivity index (χ1n) is 4.28. The highest BCUT2D eigenvalue weighted by Crippen LogP contribution is 2.21. The van der Waals surface area contributed by atoms with Gasteiger partial charge in [-0.3, -0.25) is 0 Å². The van der Waals surface area contributed by atoms with Gasteiger partial charge in [-0.2, -0.15) is 5.26 Å². The van der Waals surface area contributed by atoms with Crippen molar-refractivity contribution in [1.29, 1.82) is 5.26 Å². The first kappa shape index (κ1) is 10.4. The Morgan fingerprint density at radius 2 is 2.29 bits per heavy atom. The van der Waals surface area contributed by atoms with Crippen LogP contribution in [0.5, 0.6) is 5.75 Å². The fourth-order valence-electron chi connectivity index (χ4n) is 0.938. The van der Waals surface area contributed by atoms with Crippen LogP contribution in [-0.2, 0) is 4.74 Å². The molecule has 0 amide bonds. The van der Waals surface area contributed by atoms with Gasteiger partial charge in [0.2, 0.25) is 0 Å². The van der Waals surface area contributed by atoms with Gasteiger partial charge in [0.15, 0.2) is 6.79 Å². The smallest absolute Gasteiger partial charge is 0.189 e. The lowest BCUT2D eigenvalue weighted by Crippen LogP contribution is -2.04. The minimum atomic E-state index is 0.173. The number of nitriles is 1. The van der Waals surface area contributed by atoms with Crippen molar-refractivity contribution in [2.24, 2.45) is 0 Å². The van der Waals surface area contributed by atoms with Crippen molar-refractivity contribution in [2.75, 3.05) is 19.1 Å². The highest BCUT2D eigenvalue weighted by Gasteiger charge is 2.00. The van der Waals surface area contributed by atoms with E-state index in [4.69, 9.17) is 20.5 Å². The first-order valence-corrected chi connectivity index (χ1v) is 4.28.